The van der Waals surface area contributed by atoms with Crippen molar-refractivity contribution in [1.29, 1.82) is 0 Å². The normalized spacial score (nSPS) is 10.0. The highest BCUT2D eigenvalue weighted by molar-refractivity contribution is 5.92. The highest BCUT2D eigenvalue weighted by Gasteiger charge is 2.14. The smallest absolute Gasteiger partial charge is 0.338 e. The molecule has 0 aliphatic heterocycles. The molecule has 0 N–H and O–H groups in total. The van der Waals surface area contributed by atoms with Crippen molar-refractivity contribution in [2.45, 2.75) is 32.6 Å². The van der Waals surface area contributed by atoms with Crippen molar-refractivity contribution in [3.8, 4) is 0 Å². The second-order valence-electron chi connectivity index (χ2n) is 4.25. The van der Waals surface area contributed by atoms with Crippen molar-refractivity contribution in [3.05, 3.63) is 35.4 Å². The molecular weight excluding hydrogens is 244 g/mol. The van der Waals surface area contributed by atoms with Gasteiger partial charge in [-0.15, -0.1) is 0 Å². The average molecular weight is 264 g/mol. The average Bonchev–Trinajstić information content (AvgIpc) is 2.43. The molecule has 0 aliphatic rings. The van der Waals surface area contributed by atoms with E-state index in [1.54, 1.807) is 24.3 Å². The summed E-state index contributed by atoms with van der Waals surface area (Å²) in [6, 6.07) is 6.90. The lowest BCUT2D eigenvalue weighted by atomic mass is 10.0. The molecule has 0 radical (unpaired) electrons. The van der Waals surface area contributed by atoms with Crippen molar-refractivity contribution < 1.29 is 19.1 Å². The van der Waals surface area contributed by atoms with Crippen LogP contribution in [0.15, 0.2) is 24.3 Å². The molecule has 0 spiro atoms. The molecule has 104 valence electrons. The third-order valence-corrected chi connectivity index (χ3v) is 2.77. The van der Waals surface area contributed by atoms with Crippen LogP contribution in [0.2, 0.25) is 0 Å². The van der Waals surface area contributed by atoms with Crippen LogP contribution in [0, 0.1) is 0 Å². The van der Waals surface area contributed by atoms with E-state index in [-0.39, 0.29) is 12.4 Å². The molecule has 0 atom stereocenters. The van der Waals surface area contributed by atoms with E-state index >= 15 is 0 Å². The zero-order valence-electron chi connectivity index (χ0n) is 11.5. The van der Waals surface area contributed by atoms with Crippen molar-refractivity contribution in [2.24, 2.45) is 0 Å². The maximum absolute atomic E-state index is 11.7. The number of carbonyl (C=O) groups excluding carboxylic acids is 2. The minimum absolute atomic E-state index is 0.0946. The Balaban J connectivity index is 2.56. The first-order chi connectivity index (χ1) is 9.19. The summed E-state index contributed by atoms with van der Waals surface area (Å²) in [4.78, 5) is 23.2. The van der Waals surface area contributed by atoms with E-state index in [9.17, 15) is 9.59 Å². The van der Waals surface area contributed by atoms with Gasteiger partial charge in [-0.1, -0.05) is 38.0 Å². The zero-order valence-corrected chi connectivity index (χ0v) is 11.5. The van der Waals surface area contributed by atoms with Crippen LogP contribution in [0.1, 0.15) is 42.1 Å². The molecule has 0 saturated heterocycles. The molecule has 0 bridgehead atoms. The van der Waals surface area contributed by atoms with Gasteiger partial charge in [0.1, 0.15) is 0 Å². The number of hydrogen-bond acceptors (Lipinski definition) is 4. The summed E-state index contributed by atoms with van der Waals surface area (Å²) in [7, 11) is 1.32. The van der Waals surface area contributed by atoms with Gasteiger partial charge >= 0.3 is 11.9 Å². The quantitative estimate of drug-likeness (QED) is 0.561. The Morgan fingerprint density at radius 1 is 1.16 bits per heavy atom. The van der Waals surface area contributed by atoms with Crippen molar-refractivity contribution in [1.82, 2.24) is 0 Å². The fourth-order valence-electron chi connectivity index (χ4n) is 1.73. The van der Waals surface area contributed by atoms with E-state index in [1.807, 2.05) is 0 Å². The fourth-order valence-corrected chi connectivity index (χ4v) is 1.73. The predicted molar refractivity (Wildman–Crippen MR) is 72.0 cm³/mol. The van der Waals surface area contributed by atoms with Crippen molar-refractivity contribution in [2.75, 3.05) is 13.7 Å². The molecule has 1 aromatic carbocycles. The number of hydrogen-bond donors (Lipinski definition) is 0. The van der Waals surface area contributed by atoms with Gasteiger partial charge in [-0.2, -0.15) is 0 Å². The monoisotopic (exact) mass is 264 g/mol. The third kappa shape index (κ3) is 5.12. The maximum atomic E-state index is 11.7. The molecule has 0 fully saturated rings. The van der Waals surface area contributed by atoms with Gasteiger partial charge < -0.3 is 9.47 Å². The lowest BCUT2D eigenvalue weighted by Gasteiger charge is -2.08. The zero-order chi connectivity index (χ0) is 14.1. The van der Waals surface area contributed by atoms with Crippen LogP contribution >= 0.6 is 0 Å². The lowest BCUT2D eigenvalue weighted by Crippen LogP contribution is -2.13. The molecular formula is C15H20O4. The van der Waals surface area contributed by atoms with Crippen LogP contribution in [-0.4, -0.2) is 25.7 Å². The largest absolute Gasteiger partial charge is 0.465 e. The molecule has 0 unspecified atom stereocenters. The van der Waals surface area contributed by atoms with Crippen LogP contribution in [0.25, 0.3) is 0 Å². The Kier molecular flexibility index (Phi) is 6.64. The lowest BCUT2D eigenvalue weighted by molar-refractivity contribution is -0.142. The van der Waals surface area contributed by atoms with Gasteiger partial charge in [0.2, 0.25) is 0 Å². The first-order valence-corrected chi connectivity index (χ1v) is 6.50. The second-order valence-corrected chi connectivity index (χ2v) is 4.25. The summed E-state index contributed by atoms with van der Waals surface area (Å²) in [5.41, 5.74) is 1.05. The van der Waals surface area contributed by atoms with E-state index in [4.69, 9.17) is 4.74 Å². The number of unbranched alkanes of at least 4 members (excludes halogenated alkanes) is 2. The SMILES string of the molecule is CCCCCOC(=O)Cc1ccccc1C(=O)OC. The molecule has 0 amide bonds. The van der Waals surface area contributed by atoms with E-state index in [2.05, 4.69) is 11.7 Å². The highest BCUT2D eigenvalue weighted by atomic mass is 16.5. The molecule has 1 rings (SSSR count). The van der Waals surface area contributed by atoms with E-state index in [0.29, 0.717) is 17.7 Å². The number of ether oxygens (including phenoxy) is 2. The van der Waals surface area contributed by atoms with Crippen LogP contribution < -0.4 is 0 Å². The number of rotatable bonds is 7. The first kappa shape index (κ1) is 15.2. The number of methoxy groups -OCH3 is 1. The fraction of sp³-hybridized carbons (Fsp3) is 0.467. The molecule has 1 aromatic rings. The Bertz CT molecular complexity index is 426. The number of esters is 2. The van der Waals surface area contributed by atoms with Gasteiger partial charge in [0.15, 0.2) is 0 Å². The Morgan fingerprint density at radius 3 is 2.58 bits per heavy atom. The topological polar surface area (TPSA) is 52.6 Å². The summed E-state index contributed by atoms with van der Waals surface area (Å²) in [6.07, 6.45) is 3.10. The summed E-state index contributed by atoms with van der Waals surface area (Å²) < 4.78 is 9.81. The van der Waals surface area contributed by atoms with E-state index < -0.39 is 5.97 Å². The van der Waals surface area contributed by atoms with Gasteiger partial charge in [-0.05, 0) is 18.1 Å². The Hall–Kier alpha value is -1.84. The highest BCUT2D eigenvalue weighted by Crippen LogP contribution is 2.11. The molecule has 0 aromatic heterocycles. The van der Waals surface area contributed by atoms with Gasteiger partial charge in [-0.3, -0.25) is 4.79 Å². The summed E-state index contributed by atoms with van der Waals surface area (Å²) in [5.74, 6) is -0.748. The molecule has 4 nitrogen and oxygen atoms in total. The van der Waals surface area contributed by atoms with E-state index in [1.165, 1.54) is 7.11 Å². The third-order valence-electron chi connectivity index (χ3n) is 2.77. The second kappa shape index (κ2) is 8.29. The van der Waals surface area contributed by atoms with Crippen LogP contribution in [-0.2, 0) is 20.7 Å². The maximum Gasteiger partial charge on any atom is 0.338 e. The Labute approximate surface area is 113 Å². The van der Waals surface area contributed by atoms with Gasteiger partial charge in [0.05, 0.1) is 25.7 Å². The molecule has 19 heavy (non-hydrogen) atoms. The van der Waals surface area contributed by atoms with Crippen LogP contribution in [0.4, 0.5) is 0 Å². The standard InChI is InChI=1S/C15H20O4/c1-3-4-7-10-19-14(16)11-12-8-5-6-9-13(12)15(17)18-2/h5-6,8-9H,3-4,7,10-11H2,1-2H3. The Morgan fingerprint density at radius 2 is 1.89 bits per heavy atom. The molecule has 4 heteroatoms. The molecule has 0 aliphatic carbocycles. The summed E-state index contributed by atoms with van der Waals surface area (Å²) in [5, 5.41) is 0. The van der Waals surface area contributed by atoms with E-state index in [0.717, 1.165) is 19.3 Å². The van der Waals surface area contributed by atoms with Crippen LogP contribution in [0.3, 0.4) is 0 Å². The van der Waals surface area contributed by atoms with Gasteiger partial charge in [-0.25, -0.2) is 4.79 Å². The number of carbonyl (C=O) groups is 2. The minimum Gasteiger partial charge on any atom is -0.465 e. The predicted octanol–water partition coefficient (Wildman–Crippen LogP) is 2.75. The first-order valence-electron chi connectivity index (χ1n) is 6.50. The molecule has 0 heterocycles. The van der Waals surface area contributed by atoms with Crippen LogP contribution in [0.5, 0.6) is 0 Å². The summed E-state index contributed by atoms with van der Waals surface area (Å²) >= 11 is 0. The van der Waals surface area contributed by atoms with Crippen molar-refractivity contribution >= 4 is 11.9 Å². The summed E-state index contributed by atoms with van der Waals surface area (Å²) in [6.45, 7) is 2.53. The molecule has 0 saturated carbocycles. The van der Waals surface area contributed by atoms with Crippen molar-refractivity contribution in [3.63, 3.8) is 0 Å². The van der Waals surface area contributed by atoms with Gasteiger partial charge in [0, 0.05) is 0 Å². The van der Waals surface area contributed by atoms with Gasteiger partial charge in [0.25, 0.3) is 0 Å². The minimum atomic E-state index is -0.436. The number of benzene rings is 1.